The number of aliphatic hydroxyl groups excluding tert-OH is 4. The number of ether oxygens (including phenoxy) is 2. The van der Waals surface area contributed by atoms with Crippen molar-refractivity contribution in [2.45, 2.75) is 227 Å². The highest BCUT2D eigenvalue weighted by atomic mass is 16.5. The average Bonchev–Trinajstić information content (AvgIpc) is 4.16. The van der Waals surface area contributed by atoms with Crippen LogP contribution in [0.15, 0.2) is 30.3 Å². The maximum atomic E-state index is 12.3. The monoisotopic (exact) mass is 953 g/mol. The van der Waals surface area contributed by atoms with Gasteiger partial charge in [-0.3, -0.25) is 0 Å². The lowest BCUT2D eigenvalue weighted by atomic mass is 9.41. The average molecular weight is 953 g/mol. The Morgan fingerprint density at radius 2 is 0.971 bits per heavy atom. The zero-order valence-corrected chi connectivity index (χ0v) is 44.7. The number of rotatable bonds is 5. The van der Waals surface area contributed by atoms with E-state index in [1.807, 2.05) is 0 Å². The molecule has 0 aromatic heterocycles. The van der Waals surface area contributed by atoms with Crippen LogP contribution in [0.1, 0.15) is 178 Å². The molecular weight excluding hydrogens is 857 g/mol. The summed E-state index contributed by atoms with van der Waals surface area (Å²) in [5.74, 6) is 4.38. The Kier molecular flexibility index (Phi) is 11.0. The van der Waals surface area contributed by atoms with E-state index in [-0.39, 0.29) is 69.1 Å². The maximum Gasteiger partial charge on any atom is 0.0880 e. The molecule has 7 N–H and O–H groups in total. The molecule has 12 fully saturated rings. The van der Waals surface area contributed by atoms with Crippen LogP contribution in [-0.2, 0) is 16.0 Å². The Morgan fingerprint density at radius 1 is 0.551 bits per heavy atom. The molecule has 386 valence electrons. The molecule has 0 amide bonds. The zero-order valence-electron chi connectivity index (χ0n) is 44.7. The molecule has 69 heavy (non-hydrogen) atoms. The lowest BCUT2D eigenvalue weighted by Crippen LogP contribution is -2.59. The van der Waals surface area contributed by atoms with Crippen LogP contribution in [0.25, 0.3) is 0 Å². The minimum absolute atomic E-state index is 0.00819. The lowest BCUT2D eigenvalue weighted by Gasteiger charge is -2.63. The van der Waals surface area contributed by atoms with E-state index in [0.717, 1.165) is 38.8 Å². The van der Waals surface area contributed by atoms with Gasteiger partial charge in [-0.15, -0.1) is 0 Å². The van der Waals surface area contributed by atoms with Crippen LogP contribution in [0.4, 0.5) is 0 Å². The molecule has 10 aliphatic carbocycles. The first-order chi connectivity index (χ1) is 32.5. The van der Waals surface area contributed by atoms with Gasteiger partial charge in [-0.05, 0) is 199 Å². The van der Waals surface area contributed by atoms with Crippen LogP contribution in [0.5, 0.6) is 0 Å². The Labute approximate surface area is 417 Å². The lowest BCUT2D eigenvalue weighted by molar-refractivity contribution is -0.182. The highest BCUT2D eigenvalue weighted by Gasteiger charge is 2.86. The van der Waals surface area contributed by atoms with E-state index in [2.05, 4.69) is 105 Å². The fourth-order valence-corrected chi connectivity index (χ4v) is 24.0. The molecular formula is C61H96N2O6. The maximum absolute atomic E-state index is 12.3. The molecule has 2 heterocycles. The van der Waals surface area contributed by atoms with E-state index in [1.165, 1.54) is 82.6 Å². The summed E-state index contributed by atoms with van der Waals surface area (Å²) in [5, 5.41) is 49.7. The molecule has 10 saturated carbocycles. The van der Waals surface area contributed by atoms with Crippen molar-refractivity contribution in [2.24, 2.45) is 107 Å². The first kappa shape index (κ1) is 48.8. The summed E-state index contributed by atoms with van der Waals surface area (Å²) < 4.78 is 13.4. The van der Waals surface area contributed by atoms with Gasteiger partial charge in [-0.25, -0.2) is 0 Å². The van der Waals surface area contributed by atoms with Gasteiger partial charge in [-0.1, -0.05) is 99.6 Å². The van der Waals surface area contributed by atoms with Gasteiger partial charge in [0.1, 0.15) is 0 Å². The largest absolute Gasteiger partial charge is 0.393 e. The summed E-state index contributed by atoms with van der Waals surface area (Å²) in [5.41, 5.74) is 8.96. The number of hydrogen-bond donors (Lipinski definition) is 6. The summed E-state index contributed by atoms with van der Waals surface area (Å²) in [6.45, 7) is 26.4. The third-order valence-corrected chi connectivity index (χ3v) is 27.5. The fraction of sp³-hybridized carbons (Fsp3) is 0.902. The first-order valence-corrected chi connectivity index (χ1v) is 29.0. The number of nitrogens with one attached hydrogen (secondary N) is 1. The standard InChI is InChI=1S/C34H51NO3.C27H45NO3/c1-21-17-23(19-35-18-22-9-7-6-8-10-22)38-28-27(21)31(4)15-16-34-20-33(34)14-13-26(36)30(2,3)24(33)11-12-25(34)32(31,5)29(28)37;1-15-12-16(13-28)31-21-20(15)24(4)10-11-27-14-26(27)9-8-19(29)23(2,3)17(26)6-7-18(27)25(24,5)22(21)30/h6-10,21,23-29,35-37H,11-20H2,1-5H3;15-22,29-30H,6-14,28H2,1-5H3/t21-,23-,24?,25?,26+,27+,28+,29+,31-,32-,33-,34+;15-,16-,17?,18?,19+,20+,21+,22+,24-,25-,26-,27+/m11/s1. The third-order valence-electron chi connectivity index (χ3n) is 27.5. The van der Waals surface area contributed by atoms with Crippen LogP contribution >= 0.6 is 0 Å². The third kappa shape index (κ3) is 5.88. The number of nitrogens with two attached hydrogens (primary N) is 1. The predicted octanol–water partition coefficient (Wildman–Crippen LogP) is 10.1. The molecule has 24 atom stereocenters. The predicted molar refractivity (Wildman–Crippen MR) is 271 cm³/mol. The van der Waals surface area contributed by atoms with Crippen molar-refractivity contribution >= 4 is 0 Å². The second kappa shape index (κ2) is 15.5. The van der Waals surface area contributed by atoms with Crippen molar-refractivity contribution < 1.29 is 29.9 Å². The normalized spacial score (nSPS) is 58.5. The summed E-state index contributed by atoms with van der Waals surface area (Å²) in [7, 11) is 0. The van der Waals surface area contributed by atoms with E-state index >= 15 is 0 Å². The first-order valence-electron chi connectivity index (χ1n) is 29.0. The minimum Gasteiger partial charge on any atom is -0.393 e. The van der Waals surface area contributed by atoms with Gasteiger partial charge in [0.05, 0.1) is 48.8 Å². The number of hydrogen-bond acceptors (Lipinski definition) is 8. The molecule has 13 rings (SSSR count). The molecule has 2 aliphatic heterocycles. The van der Waals surface area contributed by atoms with Gasteiger partial charge >= 0.3 is 0 Å². The molecule has 4 spiro atoms. The van der Waals surface area contributed by atoms with Crippen molar-refractivity contribution in [3.8, 4) is 0 Å². The second-order valence-corrected chi connectivity index (χ2v) is 29.7. The molecule has 12 aliphatic rings. The van der Waals surface area contributed by atoms with E-state index in [4.69, 9.17) is 15.2 Å². The Bertz CT molecular complexity index is 2150. The SMILES string of the molecule is C[C@@H]1C[C@H](CN)O[C@H]2[C@H]1[C@@]1(C)CC[C@@]34C[C@@]35CC[C@H](O)C(C)(C)C5CCC4[C@]1(C)[C@H]2O.C[C@@H]1C[C@H](CNCc2ccccc2)O[C@H]2[C@H]1[C@@]1(C)CC[C@@]34C[C@@]35CC[C@H](O)C(C)(C)C5CCC4[C@]1(C)[C@H]2O. The van der Waals surface area contributed by atoms with Gasteiger partial charge in [0.25, 0.3) is 0 Å². The van der Waals surface area contributed by atoms with Crippen LogP contribution < -0.4 is 11.1 Å². The Morgan fingerprint density at radius 3 is 1.43 bits per heavy atom. The number of benzene rings is 1. The number of aliphatic hydroxyl groups is 4. The minimum atomic E-state index is -0.393. The van der Waals surface area contributed by atoms with Crippen LogP contribution in [0, 0.1) is 101 Å². The molecule has 0 radical (unpaired) electrons. The molecule has 1 aromatic carbocycles. The Balaban J connectivity index is 0.000000146. The quantitative estimate of drug-likeness (QED) is 0.172. The van der Waals surface area contributed by atoms with Crippen molar-refractivity contribution in [2.75, 3.05) is 13.1 Å². The molecule has 0 bridgehead atoms. The number of fused-ring (bicyclic) bond motifs is 8. The molecule has 8 heteroatoms. The zero-order chi connectivity index (χ0) is 48.9. The highest BCUT2D eigenvalue weighted by molar-refractivity contribution is 5.35. The van der Waals surface area contributed by atoms with Crippen molar-refractivity contribution in [3.63, 3.8) is 0 Å². The molecule has 1 aromatic rings. The van der Waals surface area contributed by atoms with Crippen molar-refractivity contribution in [1.29, 1.82) is 0 Å². The van der Waals surface area contributed by atoms with Crippen LogP contribution in [0.3, 0.4) is 0 Å². The topological polar surface area (TPSA) is 137 Å². The van der Waals surface area contributed by atoms with E-state index in [1.54, 1.807) is 0 Å². The van der Waals surface area contributed by atoms with Gasteiger partial charge in [-0.2, -0.15) is 0 Å². The van der Waals surface area contributed by atoms with Gasteiger partial charge < -0.3 is 41.0 Å². The van der Waals surface area contributed by atoms with Crippen LogP contribution in [0.2, 0.25) is 0 Å². The van der Waals surface area contributed by atoms with Crippen LogP contribution in [-0.4, -0.2) is 82.3 Å². The summed E-state index contributed by atoms with van der Waals surface area (Å²) in [4.78, 5) is 0. The molecule has 8 nitrogen and oxygen atoms in total. The van der Waals surface area contributed by atoms with E-state index in [0.29, 0.717) is 75.5 Å². The fourth-order valence-electron chi connectivity index (χ4n) is 24.0. The van der Waals surface area contributed by atoms with Gasteiger partial charge in [0.2, 0.25) is 0 Å². The summed E-state index contributed by atoms with van der Waals surface area (Å²) in [6, 6.07) is 10.6. The van der Waals surface area contributed by atoms with E-state index < -0.39 is 12.2 Å². The van der Waals surface area contributed by atoms with Gasteiger partial charge in [0.15, 0.2) is 0 Å². The highest BCUT2D eigenvalue weighted by Crippen LogP contribution is 2.91. The van der Waals surface area contributed by atoms with Gasteiger partial charge in [0, 0.05) is 30.5 Å². The smallest absolute Gasteiger partial charge is 0.0880 e. The van der Waals surface area contributed by atoms with Crippen molar-refractivity contribution in [3.05, 3.63) is 35.9 Å². The summed E-state index contributed by atoms with van der Waals surface area (Å²) in [6.07, 6.45) is 18.0. The summed E-state index contributed by atoms with van der Waals surface area (Å²) >= 11 is 0. The van der Waals surface area contributed by atoms with E-state index in [9.17, 15) is 20.4 Å². The Hall–Kier alpha value is -1.10. The molecule has 2 saturated heterocycles. The molecule has 4 unspecified atom stereocenters. The van der Waals surface area contributed by atoms with Crippen molar-refractivity contribution in [1.82, 2.24) is 5.32 Å². The second-order valence-electron chi connectivity index (χ2n) is 29.7.